The van der Waals surface area contributed by atoms with Gasteiger partial charge in [-0.3, -0.25) is 13.9 Å². The van der Waals surface area contributed by atoms with E-state index in [1.54, 1.807) is 43.3 Å². The summed E-state index contributed by atoms with van der Waals surface area (Å²) in [5, 5.41) is 2.94. The van der Waals surface area contributed by atoms with Crippen LogP contribution in [0.15, 0.2) is 83.8 Å². The molecule has 1 N–H and O–H groups in total. The second kappa shape index (κ2) is 12.5. The molecule has 7 nitrogen and oxygen atoms in total. The molecule has 0 aromatic heterocycles. The molecule has 0 aliphatic rings. The molecule has 3 rings (SSSR count). The van der Waals surface area contributed by atoms with Crippen molar-refractivity contribution in [3.05, 3.63) is 95.6 Å². The number of nitrogens with zero attached hydrogens (tertiary/aromatic N) is 2. The van der Waals surface area contributed by atoms with E-state index in [0.717, 1.165) is 16.7 Å². The number of benzene rings is 3. The molecule has 0 spiro atoms. The summed E-state index contributed by atoms with van der Waals surface area (Å²) in [5.74, 6) is -0.786. The van der Waals surface area contributed by atoms with Crippen molar-refractivity contribution in [3.8, 4) is 0 Å². The van der Waals surface area contributed by atoms with Gasteiger partial charge < -0.3 is 10.2 Å². The smallest absolute Gasteiger partial charge is 0.264 e. The van der Waals surface area contributed by atoms with Gasteiger partial charge in [-0.25, -0.2) is 8.42 Å². The number of carbonyl (C=O) groups is 2. The molecule has 3 aromatic rings. The SMILES string of the molecule is CCc1ccccc1N(CC(=O)N(Cc1ccccc1)C(C)C(=O)NC(C)(C)C)S(=O)(=O)c1ccc(C)cc1. The van der Waals surface area contributed by atoms with Crippen LogP contribution < -0.4 is 9.62 Å². The maximum absolute atomic E-state index is 14.0. The maximum Gasteiger partial charge on any atom is 0.264 e. The van der Waals surface area contributed by atoms with Crippen molar-refractivity contribution in [1.29, 1.82) is 0 Å². The van der Waals surface area contributed by atoms with Gasteiger partial charge in [0.25, 0.3) is 10.0 Å². The van der Waals surface area contributed by atoms with E-state index < -0.39 is 34.1 Å². The number of hydrogen-bond donors (Lipinski definition) is 1. The van der Waals surface area contributed by atoms with E-state index in [9.17, 15) is 18.0 Å². The summed E-state index contributed by atoms with van der Waals surface area (Å²) >= 11 is 0. The van der Waals surface area contributed by atoms with Crippen molar-refractivity contribution in [3.63, 3.8) is 0 Å². The fourth-order valence-electron chi connectivity index (χ4n) is 4.24. The minimum absolute atomic E-state index is 0.0972. The summed E-state index contributed by atoms with van der Waals surface area (Å²) in [5.41, 5.74) is 2.52. The number of aryl methyl sites for hydroxylation is 2. The van der Waals surface area contributed by atoms with E-state index in [0.29, 0.717) is 12.1 Å². The molecule has 2 amide bonds. The van der Waals surface area contributed by atoms with Crippen LogP contribution in [-0.2, 0) is 32.6 Å². The Bertz CT molecular complexity index is 1380. The molecule has 0 radical (unpaired) electrons. The topological polar surface area (TPSA) is 86.8 Å². The standard InChI is InChI=1S/C31H39N3O4S/c1-7-26-15-11-12-16-28(26)34(39(37,38)27-19-17-23(2)18-20-27)22-29(35)33(21-25-13-9-8-10-14-25)24(3)30(36)32-31(4,5)6/h8-20,24H,7,21-22H2,1-6H3,(H,32,36). The number of rotatable bonds is 10. The average Bonchev–Trinajstić information content (AvgIpc) is 2.89. The molecule has 39 heavy (non-hydrogen) atoms. The largest absolute Gasteiger partial charge is 0.350 e. The molecule has 0 aliphatic carbocycles. The van der Waals surface area contributed by atoms with Crippen molar-refractivity contribution < 1.29 is 18.0 Å². The van der Waals surface area contributed by atoms with Gasteiger partial charge in [0.05, 0.1) is 10.6 Å². The van der Waals surface area contributed by atoms with Gasteiger partial charge in [-0.1, -0.05) is 73.2 Å². The van der Waals surface area contributed by atoms with Gasteiger partial charge in [0.2, 0.25) is 11.8 Å². The van der Waals surface area contributed by atoms with Crippen LogP contribution in [0, 0.1) is 6.92 Å². The van der Waals surface area contributed by atoms with Gasteiger partial charge in [-0.05, 0) is 70.4 Å². The lowest BCUT2D eigenvalue weighted by Crippen LogP contribution is -2.54. The van der Waals surface area contributed by atoms with E-state index in [2.05, 4.69) is 5.32 Å². The number of carbonyl (C=O) groups excluding carboxylic acids is 2. The van der Waals surface area contributed by atoms with Crippen LogP contribution in [0.2, 0.25) is 0 Å². The van der Waals surface area contributed by atoms with Gasteiger partial charge in [0.1, 0.15) is 12.6 Å². The molecule has 0 heterocycles. The number of hydrogen-bond acceptors (Lipinski definition) is 4. The highest BCUT2D eigenvalue weighted by Crippen LogP contribution is 2.28. The highest BCUT2D eigenvalue weighted by molar-refractivity contribution is 7.92. The zero-order valence-electron chi connectivity index (χ0n) is 23.6. The molecule has 1 unspecified atom stereocenters. The van der Waals surface area contributed by atoms with Gasteiger partial charge in [-0.15, -0.1) is 0 Å². The van der Waals surface area contributed by atoms with Crippen LogP contribution >= 0.6 is 0 Å². The fraction of sp³-hybridized carbons (Fsp3) is 0.355. The summed E-state index contributed by atoms with van der Waals surface area (Å²) in [7, 11) is -4.09. The monoisotopic (exact) mass is 549 g/mol. The zero-order valence-corrected chi connectivity index (χ0v) is 24.5. The first kappa shape index (κ1) is 29.9. The summed E-state index contributed by atoms with van der Waals surface area (Å²) in [4.78, 5) is 28.7. The Labute approximate surface area is 232 Å². The Balaban J connectivity index is 2.06. The van der Waals surface area contributed by atoms with Crippen LogP contribution in [0.1, 0.15) is 51.3 Å². The maximum atomic E-state index is 14.0. The predicted molar refractivity (Wildman–Crippen MR) is 156 cm³/mol. The van der Waals surface area contributed by atoms with E-state index in [4.69, 9.17) is 0 Å². The van der Waals surface area contributed by atoms with Crippen LogP contribution in [0.4, 0.5) is 5.69 Å². The quantitative estimate of drug-likeness (QED) is 0.382. The Morgan fingerprint density at radius 1 is 0.897 bits per heavy atom. The van der Waals surface area contributed by atoms with Gasteiger partial charge >= 0.3 is 0 Å². The van der Waals surface area contributed by atoms with E-state index in [-0.39, 0.29) is 17.3 Å². The van der Waals surface area contributed by atoms with E-state index in [1.807, 2.05) is 77.1 Å². The number of para-hydroxylation sites is 1. The lowest BCUT2D eigenvalue weighted by molar-refractivity contribution is -0.140. The Morgan fingerprint density at radius 2 is 1.49 bits per heavy atom. The normalized spacial score (nSPS) is 12.5. The van der Waals surface area contributed by atoms with Crippen molar-refractivity contribution in [1.82, 2.24) is 10.2 Å². The minimum atomic E-state index is -4.09. The van der Waals surface area contributed by atoms with Gasteiger partial charge in [0.15, 0.2) is 0 Å². The molecule has 0 saturated heterocycles. The summed E-state index contributed by atoms with van der Waals surface area (Å²) in [6, 6.07) is 22.3. The number of sulfonamides is 1. The van der Waals surface area contributed by atoms with Crippen molar-refractivity contribution in [2.24, 2.45) is 0 Å². The van der Waals surface area contributed by atoms with Crippen molar-refractivity contribution >= 4 is 27.5 Å². The van der Waals surface area contributed by atoms with E-state index in [1.165, 1.54) is 9.21 Å². The Kier molecular flexibility index (Phi) is 9.56. The third kappa shape index (κ3) is 7.69. The highest BCUT2D eigenvalue weighted by atomic mass is 32.2. The lowest BCUT2D eigenvalue weighted by Gasteiger charge is -2.34. The first-order valence-electron chi connectivity index (χ1n) is 13.2. The van der Waals surface area contributed by atoms with Crippen LogP contribution in [-0.4, -0.2) is 43.3 Å². The lowest BCUT2D eigenvalue weighted by atomic mass is 10.1. The molecule has 0 bridgehead atoms. The minimum Gasteiger partial charge on any atom is -0.350 e. The van der Waals surface area contributed by atoms with Gasteiger partial charge in [-0.2, -0.15) is 0 Å². The molecule has 208 valence electrons. The molecule has 1 atom stereocenters. The second-order valence-corrected chi connectivity index (χ2v) is 12.6. The van der Waals surface area contributed by atoms with Crippen molar-refractivity contribution in [2.75, 3.05) is 10.8 Å². The highest BCUT2D eigenvalue weighted by Gasteiger charge is 2.34. The van der Waals surface area contributed by atoms with Crippen molar-refractivity contribution in [2.45, 2.75) is 71.0 Å². The average molecular weight is 550 g/mol. The molecule has 0 aliphatic heterocycles. The van der Waals surface area contributed by atoms with E-state index >= 15 is 0 Å². The predicted octanol–water partition coefficient (Wildman–Crippen LogP) is 5.08. The number of anilines is 1. The third-order valence-corrected chi connectivity index (χ3v) is 8.16. The summed E-state index contributed by atoms with van der Waals surface area (Å²) < 4.78 is 29.2. The third-order valence-electron chi connectivity index (χ3n) is 6.39. The van der Waals surface area contributed by atoms with Crippen LogP contribution in [0.5, 0.6) is 0 Å². The molecule has 0 saturated carbocycles. The van der Waals surface area contributed by atoms with Crippen LogP contribution in [0.25, 0.3) is 0 Å². The Morgan fingerprint density at radius 3 is 2.08 bits per heavy atom. The fourth-order valence-corrected chi connectivity index (χ4v) is 5.69. The number of amides is 2. The summed E-state index contributed by atoms with van der Waals surface area (Å²) in [6.45, 7) is 10.8. The van der Waals surface area contributed by atoms with Gasteiger partial charge in [0, 0.05) is 12.1 Å². The first-order valence-corrected chi connectivity index (χ1v) is 14.6. The molecule has 0 fully saturated rings. The first-order chi connectivity index (χ1) is 18.3. The van der Waals surface area contributed by atoms with Crippen LogP contribution in [0.3, 0.4) is 0 Å². The molecular weight excluding hydrogens is 510 g/mol. The zero-order chi connectivity index (χ0) is 28.8. The molecular formula is C31H39N3O4S. The molecule has 3 aromatic carbocycles. The second-order valence-electron chi connectivity index (χ2n) is 10.7. The number of nitrogens with one attached hydrogen (secondary N) is 1. The summed E-state index contributed by atoms with van der Waals surface area (Å²) in [6.07, 6.45) is 0.586. The molecule has 8 heteroatoms. The Hall–Kier alpha value is -3.65.